The number of aromatic nitrogens is 3. The Morgan fingerprint density at radius 3 is 2.64 bits per heavy atom. The summed E-state index contributed by atoms with van der Waals surface area (Å²) in [7, 11) is 1.89. The Kier molecular flexibility index (Phi) is 4.57. The normalized spacial score (nSPS) is 19.4. The molecule has 166 valence electrons. The number of hydrogen-bond acceptors (Lipinski definition) is 4. The average Bonchev–Trinajstić information content (AvgIpc) is 3.52. The molecule has 0 radical (unpaired) electrons. The highest BCUT2D eigenvalue weighted by Gasteiger charge is 2.37. The van der Waals surface area contributed by atoms with Gasteiger partial charge in [-0.05, 0) is 48.7 Å². The molecule has 7 heteroatoms. The molecule has 7 nitrogen and oxygen atoms in total. The predicted octanol–water partition coefficient (Wildman–Crippen LogP) is 3.77. The fraction of sp³-hybridized carbons (Fsp3) is 0.269. The molecule has 3 aromatic heterocycles. The minimum absolute atomic E-state index is 0.00444. The van der Waals surface area contributed by atoms with Crippen molar-refractivity contribution in [1.29, 1.82) is 0 Å². The van der Waals surface area contributed by atoms with E-state index >= 15 is 0 Å². The zero-order valence-electron chi connectivity index (χ0n) is 18.3. The van der Waals surface area contributed by atoms with E-state index in [0.717, 1.165) is 23.4 Å². The van der Waals surface area contributed by atoms with Crippen LogP contribution in [0.4, 0.5) is 0 Å². The lowest BCUT2D eigenvalue weighted by molar-refractivity contribution is 0.0594. The summed E-state index contributed by atoms with van der Waals surface area (Å²) in [5.41, 5.74) is 3.26. The maximum atomic E-state index is 13.3. The van der Waals surface area contributed by atoms with E-state index in [9.17, 15) is 9.59 Å². The molecule has 6 rings (SSSR count). The molecule has 0 aliphatic carbocycles. The zero-order chi connectivity index (χ0) is 22.5. The first-order chi connectivity index (χ1) is 16.1. The summed E-state index contributed by atoms with van der Waals surface area (Å²) < 4.78 is 9.21. The number of imidazole rings is 1. The van der Waals surface area contributed by atoms with Gasteiger partial charge in [-0.3, -0.25) is 9.59 Å². The van der Waals surface area contributed by atoms with Crippen molar-refractivity contribution in [3.63, 3.8) is 0 Å². The molecule has 1 saturated heterocycles. The molecule has 0 spiro atoms. The molecule has 1 fully saturated rings. The summed E-state index contributed by atoms with van der Waals surface area (Å²) in [6, 6.07) is 15.2. The number of hydrogen-bond donors (Lipinski definition) is 0. The van der Waals surface area contributed by atoms with Crippen LogP contribution in [0.2, 0.25) is 0 Å². The first kappa shape index (κ1) is 19.8. The number of benzene rings is 1. The van der Waals surface area contributed by atoms with Gasteiger partial charge < -0.3 is 18.5 Å². The molecular weight excluding hydrogens is 416 g/mol. The van der Waals surface area contributed by atoms with Crippen molar-refractivity contribution in [3.05, 3.63) is 88.8 Å². The fourth-order valence-electron chi connectivity index (χ4n) is 5.31. The highest BCUT2D eigenvalue weighted by Crippen LogP contribution is 2.36. The summed E-state index contributed by atoms with van der Waals surface area (Å²) in [4.78, 5) is 32.9. The maximum absolute atomic E-state index is 13.3. The number of aryl methyl sites for hydroxylation is 1. The molecule has 1 aromatic carbocycles. The minimum Gasteiger partial charge on any atom is -0.464 e. The number of furan rings is 1. The van der Waals surface area contributed by atoms with Crippen LogP contribution in [-0.2, 0) is 13.6 Å². The molecule has 33 heavy (non-hydrogen) atoms. The van der Waals surface area contributed by atoms with Gasteiger partial charge >= 0.3 is 0 Å². The van der Waals surface area contributed by atoms with E-state index in [4.69, 9.17) is 4.42 Å². The second-order valence-corrected chi connectivity index (χ2v) is 9.01. The number of carbonyl (C=O) groups is 1. The van der Waals surface area contributed by atoms with E-state index in [0.29, 0.717) is 36.6 Å². The Balaban J connectivity index is 1.26. The van der Waals surface area contributed by atoms with Gasteiger partial charge in [0, 0.05) is 61.8 Å². The first-order valence-electron chi connectivity index (χ1n) is 11.2. The molecule has 2 atom stereocenters. The molecule has 0 N–H and O–H groups in total. The van der Waals surface area contributed by atoms with Crippen molar-refractivity contribution in [2.75, 3.05) is 13.1 Å². The summed E-state index contributed by atoms with van der Waals surface area (Å²) in [5.74, 6) is 1.93. The lowest BCUT2D eigenvalue weighted by Crippen LogP contribution is -2.49. The largest absolute Gasteiger partial charge is 0.464 e. The van der Waals surface area contributed by atoms with Gasteiger partial charge in [-0.15, -0.1) is 0 Å². The van der Waals surface area contributed by atoms with Crippen LogP contribution < -0.4 is 5.56 Å². The smallest absolute Gasteiger partial charge is 0.261 e. The zero-order valence-corrected chi connectivity index (χ0v) is 18.3. The van der Waals surface area contributed by atoms with Crippen LogP contribution >= 0.6 is 0 Å². The third kappa shape index (κ3) is 3.31. The van der Waals surface area contributed by atoms with E-state index < -0.39 is 0 Å². The third-order valence-electron chi connectivity index (χ3n) is 6.89. The van der Waals surface area contributed by atoms with Crippen molar-refractivity contribution in [2.45, 2.75) is 18.9 Å². The molecule has 2 aliphatic heterocycles. The standard InChI is InChI=1S/C26H24N4O3/c1-28-11-10-27-24(28)21-8-9-22-20-13-17(15-30(22)26(21)32)14-29(16-20)25(31)19-6-4-18(5-7-19)23-3-2-12-33-23/h2-12,17,20H,13-16H2,1H3/t17-,20+/m0/s1. The van der Waals surface area contributed by atoms with Crippen LogP contribution in [0.1, 0.15) is 28.4 Å². The van der Waals surface area contributed by atoms with E-state index in [1.54, 1.807) is 12.5 Å². The lowest BCUT2D eigenvalue weighted by atomic mass is 9.82. The topological polar surface area (TPSA) is 73.3 Å². The Bertz CT molecular complexity index is 1380. The molecule has 4 aromatic rings. The molecule has 0 saturated carbocycles. The maximum Gasteiger partial charge on any atom is 0.261 e. The number of carbonyl (C=O) groups excluding carboxylic acids is 1. The first-order valence-corrected chi connectivity index (χ1v) is 11.2. The second-order valence-electron chi connectivity index (χ2n) is 9.01. The fourth-order valence-corrected chi connectivity index (χ4v) is 5.31. The third-order valence-corrected chi connectivity index (χ3v) is 6.89. The van der Waals surface area contributed by atoms with E-state index in [1.165, 1.54) is 0 Å². The molecule has 5 heterocycles. The number of rotatable bonds is 3. The SMILES string of the molecule is Cn1ccnc1-c1ccc2n(c1=O)C[C@H]1C[C@@H]2CN(C(=O)c2ccc(-c3ccco3)cc2)C1. The highest BCUT2D eigenvalue weighted by molar-refractivity contribution is 5.94. The van der Waals surface area contributed by atoms with Gasteiger partial charge in [-0.2, -0.15) is 0 Å². The van der Waals surface area contributed by atoms with Gasteiger partial charge in [0.05, 0.1) is 11.8 Å². The Hall–Kier alpha value is -3.87. The van der Waals surface area contributed by atoms with Gasteiger partial charge in [0.2, 0.25) is 0 Å². The summed E-state index contributed by atoms with van der Waals surface area (Å²) in [6.45, 7) is 1.91. The van der Waals surface area contributed by atoms with Crippen molar-refractivity contribution in [2.24, 2.45) is 13.0 Å². The minimum atomic E-state index is 0.00444. The summed E-state index contributed by atoms with van der Waals surface area (Å²) in [5, 5.41) is 0. The van der Waals surface area contributed by atoms with Gasteiger partial charge in [0.25, 0.3) is 11.5 Å². The predicted molar refractivity (Wildman–Crippen MR) is 124 cm³/mol. The van der Waals surface area contributed by atoms with Crippen LogP contribution in [0, 0.1) is 5.92 Å². The highest BCUT2D eigenvalue weighted by atomic mass is 16.3. The monoisotopic (exact) mass is 440 g/mol. The Morgan fingerprint density at radius 1 is 1.06 bits per heavy atom. The Labute approximate surface area is 190 Å². The number of piperidine rings is 1. The summed E-state index contributed by atoms with van der Waals surface area (Å²) >= 11 is 0. The van der Waals surface area contributed by atoms with Crippen LogP contribution in [0.3, 0.4) is 0 Å². The van der Waals surface area contributed by atoms with Crippen LogP contribution in [0.5, 0.6) is 0 Å². The molecule has 2 aliphatic rings. The van der Waals surface area contributed by atoms with Crippen molar-refractivity contribution < 1.29 is 9.21 Å². The second kappa shape index (κ2) is 7.62. The van der Waals surface area contributed by atoms with E-state index in [-0.39, 0.29) is 23.3 Å². The summed E-state index contributed by atoms with van der Waals surface area (Å²) in [6.07, 6.45) is 6.20. The molecule has 1 amide bonds. The number of likely N-dealkylation sites (tertiary alicyclic amines) is 1. The van der Waals surface area contributed by atoms with Crippen molar-refractivity contribution in [1.82, 2.24) is 19.0 Å². The number of amides is 1. The van der Waals surface area contributed by atoms with Gasteiger partial charge in [0.1, 0.15) is 11.6 Å². The van der Waals surface area contributed by atoms with Gasteiger partial charge in [-0.25, -0.2) is 4.98 Å². The Morgan fingerprint density at radius 2 is 1.91 bits per heavy atom. The van der Waals surface area contributed by atoms with Gasteiger partial charge in [0.15, 0.2) is 0 Å². The number of fused-ring (bicyclic) bond motifs is 4. The quantitative estimate of drug-likeness (QED) is 0.486. The van der Waals surface area contributed by atoms with Gasteiger partial charge in [-0.1, -0.05) is 12.1 Å². The van der Waals surface area contributed by atoms with Crippen molar-refractivity contribution in [3.8, 4) is 22.7 Å². The van der Waals surface area contributed by atoms with E-state index in [1.807, 2.05) is 75.8 Å². The lowest BCUT2D eigenvalue weighted by Gasteiger charge is -2.43. The average molecular weight is 441 g/mol. The van der Waals surface area contributed by atoms with Crippen molar-refractivity contribution >= 4 is 5.91 Å². The van der Waals surface area contributed by atoms with E-state index in [2.05, 4.69) is 4.98 Å². The molecule has 2 bridgehead atoms. The number of pyridine rings is 1. The molecular formula is C26H24N4O3. The molecule has 0 unspecified atom stereocenters. The number of nitrogens with zero attached hydrogens (tertiary/aromatic N) is 4. The van der Waals surface area contributed by atoms with Crippen LogP contribution in [-0.4, -0.2) is 38.0 Å². The van der Waals surface area contributed by atoms with Crippen LogP contribution in [0.25, 0.3) is 22.7 Å². The van der Waals surface area contributed by atoms with Crippen LogP contribution in [0.15, 0.2) is 76.4 Å².